The maximum absolute atomic E-state index is 10.9. The number of carbonyl (C=O) groups excluding carboxylic acids is 1. The molecule has 0 aromatic heterocycles. The van der Waals surface area contributed by atoms with Gasteiger partial charge in [-0.2, -0.15) is 0 Å². The molecule has 0 saturated carbocycles. The van der Waals surface area contributed by atoms with Crippen molar-refractivity contribution in [1.82, 2.24) is 0 Å². The summed E-state index contributed by atoms with van der Waals surface area (Å²) >= 11 is 0. The summed E-state index contributed by atoms with van der Waals surface area (Å²) in [6.45, 7) is -0.208. The molecule has 0 heterocycles. The molecule has 5 N–H and O–H groups in total. The lowest BCUT2D eigenvalue weighted by Gasteiger charge is -2.22. The largest absolute Gasteiger partial charge is 0.459 e. The second-order valence-electron chi connectivity index (χ2n) is 2.84. The molecule has 0 aliphatic rings. The molecule has 0 fully saturated rings. The van der Waals surface area contributed by atoms with Crippen LogP contribution in [0.1, 0.15) is 6.92 Å². The van der Waals surface area contributed by atoms with Crippen LogP contribution in [0.2, 0.25) is 0 Å². The van der Waals surface area contributed by atoms with Crippen molar-refractivity contribution in [3.8, 4) is 0 Å². The van der Waals surface area contributed by atoms with E-state index in [4.69, 9.17) is 25.5 Å². The van der Waals surface area contributed by atoms with E-state index in [9.17, 15) is 4.79 Å². The van der Waals surface area contributed by atoms with Gasteiger partial charge in [0.1, 0.15) is 18.8 Å². The number of aliphatic hydroxyl groups is 5. The molecule has 0 aliphatic carbocycles. The molecule has 84 valence electrons. The molecule has 0 aromatic rings. The number of hydrogen-bond donors (Lipinski definition) is 5. The number of ether oxygens (including phenoxy) is 1. The zero-order chi connectivity index (χ0) is 11.4. The van der Waals surface area contributed by atoms with E-state index in [2.05, 4.69) is 4.74 Å². The van der Waals surface area contributed by atoms with Gasteiger partial charge in [-0.05, 0) is 6.92 Å². The first-order valence-corrected chi connectivity index (χ1v) is 3.91. The van der Waals surface area contributed by atoms with Crippen molar-refractivity contribution in [2.24, 2.45) is 0 Å². The molecule has 0 aliphatic heterocycles. The van der Waals surface area contributed by atoms with Crippen LogP contribution in [0.3, 0.4) is 0 Å². The molecule has 0 amide bonds. The summed E-state index contributed by atoms with van der Waals surface area (Å²) in [5.41, 5.74) is 0. The molecule has 0 bridgehead atoms. The van der Waals surface area contributed by atoms with Crippen LogP contribution >= 0.6 is 0 Å². The molecule has 0 radical (unpaired) electrons. The third-order valence-electron chi connectivity index (χ3n) is 1.50. The Kier molecular flexibility index (Phi) is 4.95. The number of rotatable bonds is 5. The van der Waals surface area contributed by atoms with Crippen molar-refractivity contribution in [1.29, 1.82) is 0 Å². The normalized spacial score (nSPS) is 16.1. The van der Waals surface area contributed by atoms with E-state index in [0.29, 0.717) is 0 Å². The summed E-state index contributed by atoms with van der Waals surface area (Å²) in [5.74, 6) is -4.49. The molecule has 2 unspecified atom stereocenters. The third-order valence-corrected chi connectivity index (χ3v) is 1.50. The minimum atomic E-state index is -3.00. The average Bonchev–Trinajstić information content (AvgIpc) is 2.12. The Hall–Kier alpha value is -0.730. The van der Waals surface area contributed by atoms with Crippen molar-refractivity contribution in [3.63, 3.8) is 0 Å². The van der Waals surface area contributed by atoms with E-state index in [1.54, 1.807) is 0 Å². The minimum Gasteiger partial charge on any atom is -0.459 e. The smallest absolute Gasteiger partial charge is 0.369 e. The lowest BCUT2D eigenvalue weighted by molar-refractivity contribution is -0.239. The van der Waals surface area contributed by atoms with Gasteiger partial charge in [-0.15, -0.1) is 0 Å². The fourth-order valence-electron chi connectivity index (χ4n) is 0.501. The van der Waals surface area contributed by atoms with Crippen molar-refractivity contribution in [3.05, 3.63) is 0 Å². The Bertz CT molecular complexity index is 188. The van der Waals surface area contributed by atoms with E-state index < -0.39 is 37.2 Å². The van der Waals surface area contributed by atoms with E-state index in [1.807, 2.05) is 0 Å². The van der Waals surface area contributed by atoms with Gasteiger partial charge in [-0.3, -0.25) is 0 Å². The van der Waals surface area contributed by atoms with E-state index >= 15 is 0 Å². The highest BCUT2D eigenvalue weighted by atomic mass is 16.6. The molecular weight excluding hydrogens is 196 g/mol. The highest BCUT2D eigenvalue weighted by Gasteiger charge is 2.40. The molecule has 0 aromatic carbocycles. The Morgan fingerprint density at radius 3 is 2.29 bits per heavy atom. The van der Waals surface area contributed by atoms with Gasteiger partial charge in [-0.1, -0.05) is 0 Å². The number of esters is 1. The molecular formula is C7H14O7. The predicted octanol–water partition coefficient (Wildman–Crippen LogP) is -3.06. The van der Waals surface area contributed by atoms with Gasteiger partial charge < -0.3 is 30.3 Å². The molecule has 7 nitrogen and oxygen atoms in total. The quantitative estimate of drug-likeness (QED) is 0.241. The summed E-state index contributed by atoms with van der Waals surface area (Å²) in [4.78, 5) is 10.9. The van der Waals surface area contributed by atoms with E-state index in [-0.39, 0.29) is 0 Å². The van der Waals surface area contributed by atoms with Crippen LogP contribution in [0, 0.1) is 0 Å². The first kappa shape index (κ1) is 13.3. The Balaban J connectivity index is 4.08. The van der Waals surface area contributed by atoms with Gasteiger partial charge in [0.2, 0.25) is 0 Å². The summed E-state index contributed by atoms with van der Waals surface area (Å²) in [6, 6.07) is 0. The Labute approximate surface area is 80.2 Å². The van der Waals surface area contributed by atoms with Gasteiger partial charge in [-0.25, -0.2) is 4.79 Å². The van der Waals surface area contributed by atoms with Crippen molar-refractivity contribution >= 4 is 5.97 Å². The van der Waals surface area contributed by atoms with Crippen molar-refractivity contribution in [2.45, 2.75) is 24.9 Å². The lowest BCUT2D eigenvalue weighted by Crippen LogP contribution is -2.49. The van der Waals surface area contributed by atoms with Crippen molar-refractivity contribution in [2.75, 3.05) is 13.2 Å². The molecule has 7 heteroatoms. The first-order chi connectivity index (χ1) is 6.32. The van der Waals surface area contributed by atoms with Crippen LogP contribution < -0.4 is 0 Å². The van der Waals surface area contributed by atoms with E-state index in [1.165, 1.54) is 0 Å². The van der Waals surface area contributed by atoms with Crippen LogP contribution in [0.4, 0.5) is 0 Å². The molecule has 0 rings (SSSR count). The van der Waals surface area contributed by atoms with Gasteiger partial charge >= 0.3 is 5.97 Å². The number of carbonyl (C=O) groups is 1. The zero-order valence-electron chi connectivity index (χ0n) is 7.62. The first-order valence-electron chi connectivity index (χ1n) is 3.91. The molecule has 2 atom stereocenters. The standard InChI is InChI=1S/C7H14O7/c1-4(9)7(12,13)6(11)14-3-5(10)2-8/h4-5,8-10,12-13H,2-3H2,1H3. The van der Waals surface area contributed by atoms with Gasteiger partial charge in [0.05, 0.1) is 6.61 Å². The van der Waals surface area contributed by atoms with Gasteiger partial charge in [0.15, 0.2) is 0 Å². The van der Waals surface area contributed by atoms with Crippen LogP contribution in [0.15, 0.2) is 0 Å². The van der Waals surface area contributed by atoms with Crippen LogP contribution in [-0.2, 0) is 9.53 Å². The minimum absolute atomic E-state index is 0.578. The lowest BCUT2D eigenvalue weighted by atomic mass is 10.2. The maximum atomic E-state index is 10.9. The fourth-order valence-corrected chi connectivity index (χ4v) is 0.501. The average molecular weight is 210 g/mol. The highest BCUT2D eigenvalue weighted by molar-refractivity contribution is 5.77. The molecule has 0 spiro atoms. The SMILES string of the molecule is CC(O)C(O)(O)C(=O)OCC(O)CO. The highest BCUT2D eigenvalue weighted by Crippen LogP contribution is 2.08. The van der Waals surface area contributed by atoms with Gasteiger partial charge in [0.25, 0.3) is 5.79 Å². The summed E-state index contributed by atoms with van der Waals surface area (Å²) in [5, 5.41) is 43.7. The second-order valence-corrected chi connectivity index (χ2v) is 2.84. The summed E-state index contributed by atoms with van der Waals surface area (Å²) < 4.78 is 4.21. The van der Waals surface area contributed by atoms with Crippen molar-refractivity contribution < 1.29 is 35.1 Å². The topological polar surface area (TPSA) is 127 Å². The summed E-state index contributed by atoms with van der Waals surface area (Å²) in [6.07, 6.45) is -3.01. The van der Waals surface area contributed by atoms with Gasteiger partial charge in [0, 0.05) is 0 Å². The Morgan fingerprint density at radius 1 is 1.43 bits per heavy atom. The van der Waals surface area contributed by atoms with Crippen LogP contribution in [0.5, 0.6) is 0 Å². The second kappa shape index (κ2) is 5.23. The van der Waals surface area contributed by atoms with E-state index in [0.717, 1.165) is 6.92 Å². The fraction of sp³-hybridized carbons (Fsp3) is 0.857. The predicted molar refractivity (Wildman–Crippen MR) is 42.9 cm³/mol. The molecule has 0 saturated heterocycles. The number of hydrogen-bond acceptors (Lipinski definition) is 7. The summed E-state index contributed by atoms with van der Waals surface area (Å²) in [7, 11) is 0. The zero-order valence-corrected chi connectivity index (χ0v) is 7.62. The van der Waals surface area contributed by atoms with Crippen LogP contribution in [-0.4, -0.2) is 62.7 Å². The molecule has 14 heavy (non-hydrogen) atoms. The third kappa shape index (κ3) is 3.56. The van der Waals surface area contributed by atoms with Crippen LogP contribution in [0.25, 0.3) is 0 Å². The monoisotopic (exact) mass is 210 g/mol. The Morgan fingerprint density at radius 2 is 1.93 bits per heavy atom. The maximum Gasteiger partial charge on any atom is 0.369 e. The number of aliphatic hydroxyl groups excluding tert-OH is 3.